The Labute approximate surface area is 115 Å². The van der Waals surface area contributed by atoms with E-state index in [1.54, 1.807) is 6.26 Å². The number of furan rings is 1. The van der Waals surface area contributed by atoms with Gasteiger partial charge in [-0.2, -0.15) is 4.98 Å². The molecule has 0 amide bonds. The molecule has 1 unspecified atom stereocenters. The van der Waals surface area contributed by atoms with E-state index in [-0.39, 0.29) is 5.38 Å². The third-order valence-electron chi connectivity index (χ3n) is 2.98. The molecule has 5 heteroatoms. The fraction of sp³-hybridized carbons (Fsp3) is 0.286. The smallest absolute Gasteiger partial charge is 0.261 e. The van der Waals surface area contributed by atoms with Crippen LogP contribution in [0.25, 0.3) is 22.4 Å². The average molecular weight is 277 g/mol. The highest BCUT2D eigenvalue weighted by Gasteiger charge is 2.18. The molecular formula is C14H13ClN2O2. The molecule has 2 aromatic heterocycles. The highest BCUT2D eigenvalue weighted by Crippen LogP contribution is 2.31. The molecule has 98 valence electrons. The number of aromatic nitrogens is 2. The molecule has 0 radical (unpaired) electrons. The van der Waals surface area contributed by atoms with E-state index in [2.05, 4.69) is 17.1 Å². The van der Waals surface area contributed by atoms with Crippen LogP contribution in [-0.2, 0) is 0 Å². The largest absolute Gasteiger partial charge is 0.463 e. The Hall–Kier alpha value is -1.81. The normalized spacial score (nSPS) is 12.9. The van der Waals surface area contributed by atoms with Crippen molar-refractivity contribution in [1.82, 2.24) is 10.1 Å². The Morgan fingerprint density at radius 3 is 3.00 bits per heavy atom. The van der Waals surface area contributed by atoms with Crippen LogP contribution >= 0.6 is 11.6 Å². The van der Waals surface area contributed by atoms with E-state index in [1.807, 2.05) is 24.3 Å². The Balaban J connectivity index is 1.98. The van der Waals surface area contributed by atoms with Crippen molar-refractivity contribution in [2.45, 2.75) is 25.1 Å². The van der Waals surface area contributed by atoms with Crippen molar-refractivity contribution >= 4 is 22.6 Å². The SMILES string of the molecule is CCCC(Cl)c1noc(-c2coc3ccccc23)n1. The van der Waals surface area contributed by atoms with Gasteiger partial charge in [0.05, 0.1) is 10.9 Å². The first-order valence-corrected chi connectivity index (χ1v) is 6.67. The predicted molar refractivity (Wildman–Crippen MR) is 73.0 cm³/mol. The highest BCUT2D eigenvalue weighted by atomic mass is 35.5. The van der Waals surface area contributed by atoms with Crippen molar-refractivity contribution in [3.8, 4) is 11.5 Å². The summed E-state index contributed by atoms with van der Waals surface area (Å²) in [5.74, 6) is 0.977. The standard InChI is InChI=1S/C14H13ClN2O2/c1-2-5-11(15)13-16-14(19-17-13)10-8-18-12-7-4-3-6-9(10)12/h3-4,6-8,11H,2,5H2,1H3. The van der Waals surface area contributed by atoms with Gasteiger partial charge in [0.25, 0.3) is 5.89 Å². The first kappa shape index (κ1) is 12.2. The zero-order chi connectivity index (χ0) is 13.2. The number of benzene rings is 1. The molecule has 19 heavy (non-hydrogen) atoms. The minimum atomic E-state index is -0.208. The van der Waals surface area contributed by atoms with Gasteiger partial charge in [-0.25, -0.2) is 0 Å². The van der Waals surface area contributed by atoms with Crippen LogP contribution in [0.5, 0.6) is 0 Å². The third kappa shape index (κ3) is 2.24. The van der Waals surface area contributed by atoms with E-state index >= 15 is 0 Å². The van der Waals surface area contributed by atoms with Crippen molar-refractivity contribution in [2.75, 3.05) is 0 Å². The Morgan fingerprint density at radius 2 is 2.16 bits per heavy atom. The molecule has 0 N–H and O–H groups in total. The monoisotopic (exact) mass is 276 g/mol. The molecule has 3 aromatic rings. The highest BCUT2D eigenvalue weighted by molar-refractivity contribution is 6.20. The lowest BCUT2D eigenvalue weighted by Crippen LogP contribution is -1.92. The molecule has 0 saturated heterocycles. The summed E-state index contributed by atoms with van der Waals surface area (Å²) in [5, 5.41) is 4.69. The molecule has 4 nitrogen and oxygen atoms in total. The van der Waals surface area contributed by atoms with Crippen molar-refractivity contribution < 1.29 is 8.94 Å². The molecule has 0 aliphatic heterocycles. The molecule has 1 aromatic carbocycles. The molecule has 3 rings (SSSR count). The predicted octanol–water partition coefficient (Wildman–Crippen LogP) is 4.56. The number of rotatable bonds is 4. The summed E-state index contributed by atoms with van der Waals surface area (Å²) in [7, 11) is 0. The number of alkyl halides is 1. The summed E-state index contributed by atoms with van der Waals surface area (Å²) in [6, 6.07) is 7.73. The summed E-state index contributed by atoms with van der Waals surface area (Å²) in [6.07, 6.45) is 3.43. The van der Waals surface area contributed by atoms with Gasteiger partial charge >= 0.3 is 0 Å². The molecular weight excluding hydrogens is 264 g/mol. The molecule has 0 aliphatic rings. The van der Waals surface area contributed by atoms with Crippen LogP contribution in [0.15, 0.2) is 39.5 Å². The fourth-order valence-corrected chi connectivity index (χ4v) is 2.30. The minimum Gasteiger partial charge on any atom is -0.463 e. The Bertz CT molecular complexity index is 689. The topological polar surface area (TPSA) is 52.1 Å². The second-order valence-electron chi connectivity index (χ2n) is 4.36. The van der Waals surface area contributed by atoms with Gasteiger partial charge in [0.1, 0.15) is 11.8 Å². The van der Waals surface area contributed by atoms with Gasteiger partial charge in [-0.1, -0.05) is 36.7 Å². The molecule has 0 aliphatic carbocycles. The first-order valence-electron chi connectivity index (χ1n) is 6.24. The number of halogens is 1. The lowest BCUT2D eigenvalue weighted by atomic mass is 10.2. The van der Waals surface area contributed by atoms with Gasteiger partial charge in [0, 0.05) is 5.39 Å². The van der Waals surface area contributed by atoms with Gasteiger partial charge in [0.15, 0.2) is 5.82 Å². The molecule has 0 spiro atoms. The maximum Gasteiger partial charge on any atom is 0.261 e. The van der Waals surface area contributed by atoms with Gasteiger partial charge in [-0.3, -0.25) is 0 Å². The number of para-hydroxylation sites is 1. The number of hydrogen-bond acceptors (Lipinski definition) is 4. The van der Waals surface area contributed by atoms with Crippen molar-refractivity contribution in [3.63, 3.8) is 0 Å². The Morgan fingerprint density at radius 1 is 1.32 bits per heavy atom. The fourth-order valence-electron chi connectivity index (χ4n) is 2.00. The van der Waals surface area contributed by atoms with Crippen LogP contribution in [0.1, 0.15) is 31.0 Å². The van der Waals surface area contributed by atoms with Crippen LogP contribution in [0.2, 0.25) is 0 Å². The number of nitrogens with zero attached hydrogens (tertiary/aromatic N) is 2. The second kappa shape index (κ2) is 5.05. The molecule has 1 atom stereocenters. The quantitative estimate of drug-likeness (QED) is 0.655. The maximum atomic E-state index is 6.19. The van der Waals surface area contributed by atoms with E-state index in [1.165, 1.54) is 0 Å². The van der Waals surface area contributed by atoms with Crippen LogP contribution < -0.4 is 0 Å². The molecule has 2 heterocycles. The summed E-state index contributed by atoms with van der Waals surface area (Å²) < 4.78 is 10.7. The number of fused-ring (bicyclic) bond motifs is 1. The third-order valence-corrected chi connectivity index (χ3v) is 3.39. The van der Waals surface area contributed by atoms with Gasteiger partial charge in [0.2, 0.25) is 0 Å². The van der Waals surface area contributed by atoms with Crippen LogP contribution in [0, 0.1) is 0 Å². The van der Waals surface area contributed by atoms with Crippen LogP contribution in [0.4, 0.5) is 0 Å². The summed E-state index contributed by atoms with van der Waals surface area (Å²) in [5.41, 5.74) is 1.60. The van der Waals surface area contributed by atoms with Gasteiger partial charge < -0.3 is 8.94 Å². The van der Waals surface area contributed by atoms with Crippen molar-refractivity contribution in [2.24, 2.45) is 0 Å². The van der Waals surface area contributed by atoms with E-state index < -0.39 is 0 Å². The maximum absolute atomic E-state index is 6.19. The van der Waals surface area contributed by atoms with E-state index in [0.717, 1.165) is 29.4 Å². The van der Waals surface area contributed by atoms with E-state index in [4.69, 9.17) is 20.5 Å². The van der Waals surface area contributed by atoms with Gasteiger partial charge in [-0.05, 0) is 12.5 Å². The summed E-state index contributed by atoms with van der Waals surface area (Å²) in [6.45, 7) is 2.07. The number of hydrogen-bond donors (Lipinski definition) is 0. The van der Waals surface area contributed by atoms with Gasteiger partial charge in [-0.15, -0.1) is 11.6 Å². The lowest BCUT2D eigenvalue weighted by Gasteiger charge is -1.99. The average Bonchev–Trinajstić information content (AvgIpc) is 3.05. The van der Waals surface area contributed by atoms with Crippen molar-refractivity contribution in [3.05, 3.63) is 36.4 Å². The summed E-state index contributed by atoms with van der Waals surface area (Å²) in [4.78, 5) is 4.35. The first-order chi connectivity index (χ1) is 9.29. The zero-order valence-corrected chi connectivity index (χ0v) is 11.2. The zero-order valence-electron chi connectivity index (χ0n) is 10.5. The minimum absolute atomic E-state index is 0.208. The van der Waals surface area contributed by atoms with E-state index in [9.17, 15) is 0 Å². The summed E-state index contributed by atoms with van der Waals surface area (Å²) >= 11 is 6.19. The molecule has 0 bridgehead atoms. The molecule has 0 saturated carbocycles. The van der Waals surface area contributed by atoms with E-state index in [0.29, 0.717) is 11.7 Å². The van der Waals surface area contributed by atoms with Crippen molar-refractivity contribution in [1.29, 1.82) is 0 Å². The second-order valence-corrected chi connectivity index (χ2v) is 4.89. The van der Waals surface area contributed by atoms with Crippen LogP contribution in [-0.4, -0.2) is 10.1 Å². The Kier molecular flexibility index (Phi) is 3.25. The molecule has 0 fully saturated rings. The lowest BCUT2D eigenvalue weighted by molar-refractivity contribution is 0.420. The van der Waals surface area contributed by atoms with Crippen LogP contribution in [0.3, 0.4) is 0 Å².